The molecule has 0 bridgehead atoms. The predicted molar refractivity (Wildman–Crippen MR) is 103 cm³/mol. The first-order chi connectivity index (χ1) is 13.5. The number of amides is 1. The molecule has 0 radical (unpaired) electrons. The molecule has 1 aliphatic heterocycles. The number of benzene rings is 2. The van der Waals surface area contributed by atoms with Crippen molar-refractivity contribution in [1.82, 2.24) is 4.90 Å². The van der Waals surface area contributed by atoms with Gasteiger partial charge in [0, 0.05) is 38.7 Å². The van der Waals surface area contributed by atoms with Gasteiger partial charge >= 0.3 is 0 Å². The van der Waals surface area contributed by atoms with Crippen molar-refractivity contribution >= 4 is 11.6 Å². The number of hydrogen-bond acceptors (Lipinski definition) is 4. The summed E-state index contributed by atoms with van der Waals surface area (Å²) in [4.78, 5) is 16.2. The van der Waals surface area contributed by atoms with Crippen LogP contribution in [0.5, 0.6) is 11.5 Å². The third-order valence-electron chi connectivity index (χ3n) is 4.96. The lowest BCUT2D eigenvalue weighted by molar-refractivity contribution is -0.131. The highest BCUT2D eigenvalue weighted by molar-refractivity contribution is 5.77. The molecule has 1 saturated heterocycles. The molecular formula is C21H24F2N2O3. The molecule has 5 nitrogen and oxygen atoms in total. The minimum Gasteiger partial charge on any atom is -0.493 e. The minimum atomic E-state index is -0.592. The van der Waals surface area contributed by atoms with E-state index in [1.54, 1.807) is 19.1 Å². The quantitative estimate of drug-likeness (QED) is 0.759. The van der Waals surface area contributed by atoms with Gasteiger partial charge in [-0.1, -0.05) is 6.07 Å². The number of carbonyl (C=O) groups is 1. The van der Waals surface area contributed by atoms with Crippen molar-refractivity contribution in [3.63, 3.8) is 0 Å². The van der Waals surface area contributed by atoms with E-state index in [0.29, 0.717) is 56.2 Å². The molecule has 1 amide bonds. The first-order valence-electron chi connectivity index (χ1n) is 9.20. The molecule has 2 aromatic rings. The van der Waals surface area contributed by atoms with Crippen molar-refractivity contribution in [3.8, 4) is 11.5 Å². The Labute approximate surface area is 163 Å². The molecule has 1 heterocycles. The van der Waals surface area contributed by atoms with Crippen LogP contribution >= 0.6 is 0 Å². The first-order valence-corrected chi connectivity index (χ1v) is 9.20. The van der Waals surface area contributed by atoms with Gasteiger partial charge in [0.25, 0.3) is 0 Å². The fraction of sp³-hybridized carbons (Fsp3) is 0.381. The summed E-state index contributed by atoms with van der Waals surface area (Å²) in [6.07, 6.45) is 0.992. The van der Waals surface area contributed by atoms with Gasteiger partial charge in [0.05, 0.1) is 19.9 Å². The SMILES string of the molecule is COc1ccc(CCC(=O)N2CCN(c3ccc(F)cc3F)CC2)cc1OC. The average Bonchev–Trinajstić information content (AvgIpc) is 2.72. The monoisotopic (exact) mass is 390 g/mol. The van der Waals surface area contributed by atoms with Crippen molar-refractivity contribution in [2.24, 2.45) is 0 Å². The number of anilines is 1. The van der Waals surface area contributed by atoms with Crippen LogP contribution < -0.4 is 14.4 Å². The van der Waals surface area contributed by atoms with Gasteiger partial charge in [-0.25, -0.2) is 8.78 Å². The summed E-state index contributed by atoms with van der Waals surface area (Å²) >= 11 is 0. The van der Waals surface area contributed by atoms with E-state index in [9.17, 15) is 13.6 Å². The van der Waals surface area contributed by atoms with E-state index < -0.39 is 11.6 Å². The Bertz CT molecular complexity index is 836. The van der Waals surface area contributed by atoms with Gasteiger partial charge in [-0.3, -0.25) is 4.79 Å². The van der Waals surface area contributed by atoms with Gasteiger partial charge in [0.15, 0.2) is 11.5 Å². The zero-order valence-corrected chi connectivity index (χ0v) is 16.1. The number of methoxy groups -OCH3 is 2. The van der Waals surface area contributed by atoms with Crippen LogP contribution in [0.15, 0.2) is 36.4 Å². The van der Waals surface area contributed by atoms with E-state index in [4.69, 9.17) is 9.47 Å². The maximum atomic E-state index is 13.9. The molecule has 0 unspecified atom stereocenters. The Morgan fingerprint density at radius 1 is 0.964 bits per heavy atom. The highest BCUT2D eigenvalue weighted by Gasteiger charge is 2.23. The topological polar surface area (TPSA) is 42.0 Å². The molecule has 0 spiro atoms. The summed E-state index contributed by atoms with van der Waals surface area (Å²) in [5.41, 5.74) is 1.37. The van der Waals surface area contributed by atoms with Crippen molar-refractivity contribution in [3.05, 3.63) is 53.6 Å². The molecule has 7 heteroatoms. The summed E-state index contributed by atoms with van der Waals surface area (Å²) < 4.78 is 37.5. The molecule has 2 aromatic carbocycles. The highest BCUT2D eigenvalue weighted by Crippen LogP contribution is 2.28. The largest absolute Gasteiger partial charge is 0.493 e. The van der Waals surface area contributed by atoms with E-state index in [-0.39, 0.29) is 5.91 Å². The lowest BCUT2D eigenvalue weighted by Gasteiger charge is -2.36. The average molecular weight is 390 g/mol. The summed E-state index contributed by atoms with van der Waals surface area (Å²) in [6, 6.07) is 9.20. The maximum Gasteiger partial charge on any atom is 0.223 e. The number of halogens is 2. The Balaban J connectivity index is 1.53. The lowest BCUT2D eigenvalue weighted by Crippen LogP contribution is -2.49. The van der Waals surface area contributed by atoms with Gasteiger partial charge in [-0.2, -0.15) is 0 Å². The Kier molecular flexibility index (Phi) is 6.34. The second-order valence-corrected chi connectivity index (χ2v) is 6.65. The fourth-order valence-electron chi connectivity index (χ4n) is 3.38. The maximum absolute atomic E-state index is 13.9. The minimum absolute atomic E-state index is 0.0639. The van der Waals surface area contributed by atoms with Crippen molar-refractivity contribution in [2.75, 3.05) is 45.3 Å². The highest BCUT2D eigenvalue weighted by atomic mass is 19.1. The number of aryl methyl sites for hydroxylation is 1. The fourth-order valence-corrected chi connectivity index (χ4v) is 3.38. The van der Waals surface area contributed by atoms with Crippen LogP contribution in [0.25, 0.3) is 0 Å². The Morgan fingerprint density at radius 2 is 1.68 bits per heavy atom. The van der Waals surface area contributed by atoms with Crippen LogP contribution in [0.1, 0.15) is 12.0 Å². The number of hydrogen-bond donors (Lipinski definition) is 0. The van der Waals surface area contributed by atoms with Gasteiger partial charge in [-0.05, 0) is 36.2 Å². The summed E-state index contributed by atoms with van der Waals surface area (Å²) in [5, 5.41) is 0. The summed E-state index contributed by atoms with van der Waals surface area (Å²) in [7, 11) is 3.16. The van der Waals surface area contributed by atoms with Gasteiger partial charge in [-0.15, -0.1) is 0 Å². The van der Waals surface area contributed by atoms with Crippen molar-refractivity contribution in [2.45, 2.75) is 12.8 Å². The van der Waals surface area contributed by atoms with Crippen LogP contribution in [0.4, 0.5) is 14.5 Å². The number of ether oxygens (including phenoxy) is 2. The van der Waals surface area contributed by atoms with E-state index in [2.05, 4.69) is 0 Å². The summed E-state index contributed by atoms with van der Waals surface area (Å²) in [5.74, 6) is 0.191. The van der Waals surface area contributed by atoms with Crippen molar-refractivity contribution < 1.29 is 23.0 Å². The van der Waals surface area contributed by atoms with Gasteiger partial charge in [0.1, 0.15) is 11.6 Å². The van der Waals surface area contributed by atoms with Crippen LogP contribution in [-0.2, 0) is 11.2 Å². The molecular weight excluding hydrogens is 366 g/mol. The Hall–Kier alpha value is -2.83. The second kappa shape index (κ2) is 8.91. The second-order valence-electron chi connectivity index (χ2n) is 6.65. The smallest absolute Gasteiger partial charge is 0.223 e. The van der Waals surface area contributed by atoms with E-state index in [1.807, 2.05) is 23.1 Å². The molecule has 0 saturated carbocycles. The molecule has 3 rings (SSSR count). The van der Waals surface area contributed by atoms with Crippen LogP contribution in [0, 0.1) is 11.6 Å². The van der Waals surface area contributed by atoms with E-state index >= 15 is 0 Å². The summed E-state index contributed by atoms with van der Waals surface area (Å²) in [6.45, 7) is 2.07. The molecule has 150 valence electrons. The zero-order chi connectivity index (χ0) is 20.1. The van der Waals surface area contributed by atoms with Gasteiger partial charge < -0.3 is 19.3 Å². The predicted octanol–water partition coefficient (Wildman–Crippen LogP) is 3.26. The number of nitrogens with zero attached hydrogens (tertiary/aromatic N) is 2. The van der Waals surface area contributed by atoms with Gasteiger partial charge in [0.2, 0.25) is 5.91 Å². The van der Waals surface area contributed by atoms with Crippen LogP contribution in [-0.4, -0.2) is 51.2 Å². The first kappa shape index (κ1) is 19.9. The number of piperazine rings is 1. The third-order valence-corrected chi connectivity index (χ3v) is 4.96. The molecule has 1 aliphatic rings. The van der Waals surface area contributed by atoms with E-state index in [0.717, 1.165) is 11.6 Å². The van der Waals surface area contributed by atoms with Crippen LogP contribution in [0.3, 0.4) is 0 Å². The lowest BCUT2D eigenvalue weighted by atomic mass is 10.1. The zero-order valence-electron chi connectivity index (χ0n) is 16.1. The standard InChI is InChI=1S/C21H24F2N2O3/c1-27-19-7-3-15(13-20(19)28-2)4-8-21(26)25-11-9-24(10-12-25)18-6-5-16(22)14-17(18)23/h3,5-7,13-14H,4,8-12H2,1-2H3. The van der Waals surface area contributed by atoms with Crippen LogP contribution in [0.2, 0.25) is 0 Å². The van der Waals surface area contributed by atoms with Crippen molar-refractivity contribution in [1.29, 1.82) is 0 Å². The molecule has 0 aliphatic carbocycles. The molecule has 1 fully saturated rings. The third kappa shape index (κ3) is 4.52. The molecule has 0 atom stereocenters. The Morgan fingerprint density at radius 3 is 2.32 bits per heavy atom. The normalized spacial score (nSPS) is 14.1. The molecule has 28 heavy (non-hydrogen) atoms. The van der Waals surface area contributed by atoms with E-state index in [1.165, 1.54) is 12.1 Å². The number of rotatable bonds is 6. The molecule has 0 N–H and O–H groups in total. The number of carbonyl (C=O) groups excluding carboxylic acids is 1. The molecule has 0 aromatic heterocycles.